The molecule has 1 aromatic heterocycles. The maximum atomic E-state index is 11.4. The molecule has 0 aliphatic heterocycles. The fourth-order valence-corrected chi connectivity index (χ4v) is 1.58. The molecule has 2 rings (SSSR count). The van der Waals surface area contributed by atoms with Gasteiger partial charge in [0.2, 0.25) is 5.91 Å². The molecule has 0 bridgehead atoms. The van der Waals surface area contributed by atoms with Crippen molar-refractivity contribution in [3.63, 3.8) is 0 Å². The van der Waals surface area contributed by atoms with Crippen LogP contribution in [0.1, 0.15) is 25.6 Å². The predicted octanol–water partition coefficient (Wildman–Crippen LogP) is 0.271. The number of likely N-dealkylation sites (N-methyl/N-ethyl adjacent to an activating group) is 1. The Morgan fingerprint density at radius 3 is 3.12 bits per heavy atom. The van der Waals surface area contributed by atoms with Crippen LogP contribution in [0, 0.1) is 0 Å². The van der Waals surface area contributed by atoms with E-state index in [0.717, 1.165) is 12.4 Å². The van der Waals surface area contributed by atoms with E-state index in [4.69, 9.17) is 0 Å². The number of hydrogen-bond donors (Lipinski definition) is 2. The van der Waals surface area contributed by atoms with Gasteiger partial charge in [-0.15, -0.1) is 0 Å². The van der Waals surface area contributed by atoms with E-state index >= 15 is 0 Å². The van der Waals surface area contributed by atoms with E-state index in [1.807, 2.05) is 17.7 Å². The van der Waals surface area contributed by atoms with Gasteiger partial charge in [-0.05, 0) is 19.8 Å². The second-order valence-electron chi connectivity index (χ2n) is 4.08. The number of nitrogens with one attached hydrogen (secondary N) is 2. The highest BCUT2D eigenvalue weighted by molar-refractivity contribution is 5.75. The Bertz CT molecular complexity index is 357. The summed E-state index contributed by atoms with van der Waals surface area (Å²) in [7, 11) is 0. The Kier molecular flexibility index (Phi) is 3.56. The van der Waals surface area contributed by atoms with Gasteiger partial charge in [0.25, 0.3) is 0 Å². The van der Waals surface area contributed by atoms with Crippen LogP contribution in [0.15, 0.2) is 12.4 Å². The van der Waals surface area contributed by atoms with Crippen LogP contribution in [0.2, 0.25) is 0 Å². The van der Waals surface area contributed by atoms with Gasteiger partial charge >= 0.3 is 0 Å². The zero-order valence-corrected chi connectivity index (χ0v) is 9.57. The van der Waals surface area contributed by atoms with Crippen LogP contribution in [0.25, 0.3) is 0 Å². The van der Waals surface area contributed by atoms with Gasteiger partial charge in [0.1, 0.15) is 12.4 Å². The molecule has 88 valence electrons. The van der Waals surface area contributed by atoms with Crippen molar-refractivity contribution in [1.82, 2.24) is 20.2 Å². The molecule has 1 heterocycles. The molecule has 0 atom stereocenters. The van der Waals surface area contributed by atoms with Crippen molar-refractivity contribution in [2.45, 2.75) is 38.9 Å². The minimum Gasteiger partial charge on any atom is -0.355 e. The van der Waals surface area contributed by atoms with Crippen LogP contribution in [0.4, 0.5) is 0 Å². The molecule has 0 unspecified atom stereocenters. The Hall–Kier alpha value is -1.36. The molecule has 1 aromatic rings. The van der Waals surface area contributed by atoms with E-state index in [9.17, 15) is 4.79 Å². The van der Waals surface area contributed by atoms with Crippen LogP contribution in [0.5, 0.6) is 0 Å². The first-order valence-electron chi connectivity index (χ1n) is 5.79. The minimum absolute atomic E-state index is 0.0353. The lowest BCUT2D eigenvalue weighted by Crippen LogP contribution is -2.28. The van der Waals surface area contributed by atoms with Crippen LogP contribution in [0.3, 0.4) is 0 Å². The average Bonchev–Trinajstić information content (AvgIpc) is 2.98. The molecule has 2 N–H and O–H groups in total. The molecule has 0 saturated heterocycles. The summed E-state index contributed by atoms with van der Waals surface area (Å²) in [5, 5.41) is 6.17. The van der Waals surface area contributed by atoms with E-state index in [2.05, 4.69) is 15.6 Å². The summed E-state index contributed by atoms with van der Waals surface area (Å²) in [5.41, 5.74) is 0. The summed E-state index contributed by atoms with van der Waals surface area (Å²) in [6.45, 7) is 3.69. The maximum absolute atomic E-state index is 11.4. The lowest BCUT2D eigenvalue weighted by molar-refractivity contribution is -0.121. The highest BCUT2D eigenvalue weighted by Crippen LogP contribution is 2.18. The quantitative estimate of drug-likeness (QED) is 0.726. The van der Waals surface area contributed by atoms with Crippen molar-refractivity contribution in [3.05, 3.63) is 18.2 Å². The molecule has 5 nitrogen and oxygen atoms in total. The van der Waals surface area contributed by atoms with Gasteiger partial charge in [-0.25, -0.2) is 4.98 Å². The highest BCUT2D eigenvalue weighted by Gasteiger charge is 2.20. The first-order chi connectivity index (χ1) is 7.79. The normalized spacial score (nSPS) is 15.1. The third kappa shape index (κ3) is 3.06. The fourth-order valence-electron chi connectivity index (χ4n) is 1.58. The number of hydrogen-bond acceptors (Lipinski definition) is 3. The molecule has 1 saturated carbocycles. The third-order valence-corrected chi connectivity index (χ3v) is 2.62. The Balaban J connectivity index is 1.87. The highest BCUT2D eigenvalue weighted by atomic mass is 16.1. The molecule has 0 spiro atoms. The van der Waals surface area contributed by atoms with Crippen LogP contribution < -0.4 is 10.6 Å². The number of aromatic nitrogens is 2. The van der Waals surface area contributed by atoms with Crippen LogP contribution in [-0.2, 0) is 17.9 Å². The Morgan fingerprint density at radius 1 is 1.62 bits per heavy atom. The van der Waals surface area contributed by atoms with E-state index in [1.54, 1.807) is 6.20 Å². The first kappa shape index (κ1) is 11.1. The molecule has 1 aliphatic rings. The van der Waals surface area contributed by atoms with Crippen molar-refractivity contribution < 1.29 is 4.79 Å². The number of rotatable bonds is 6. The van der Waals surface area contributed by atoms with Crippen molar-refractivity contribution >= 4 is 5.91 Å². The second kappa shape index (κ2) is 5.12. The molecular formula is C11H18N4O. The van der Waals surface area contributed by atoms with Gasteiger partial charge in [-0.3, -0.25) is 4.79 Å². The standard InChI is InChI=1S/C11H18N4O/c1-2-12-11(16)8-15-6-5-13-10(15)7-14-9-3-4-9/h5-6,9,14H,2-4,7-8H2,1H3,(H,12,16). The molecule has 5 heteroatoms. The van der Waals surface area contributed by atoms with Gasteiger partial charge in [-0.1, -0.05) is 0 Å². The summed E-state index contributed by atoms with van der Waals surface area (Å²) in [4.78, 5) is 15.7. The lowest BCUT2D eigenvalue weighted by atomic mass is 10.5. The largest absolute Gasteiger partial charge is 0.355 e. The molecule has 1 amide bonds. The smallest absolute Gasteiger partial charge is 0.239 e. The van der Waals surface area contributed by atoms with E-state index < -0.39 is 0 Å². The fraction of sp³-hybridized carbons (Fsp3) is 0.636. The van der Waals surface area contributed by atoms with Crippen LogP contribution in [-0.4, -0.2) is 28.0 Å². The van der Waals surface area contributed by atoms with Crippen molar-refractivity contribution in [1.29, 1.82) is 0 Å². The molecule has 0 radical (unpaired) electrons. The maximum Gasteiger partial charge on any atom is 0.239 e. The number of carbonyl (C=O) groups excluding carboxylic acids is 1. The zero-order chi connectivity index (χ0) is 11.4. The summed E-state index contributed by atoms with van der Waals surface area (Å²) in [6, 6.07) is 0.662. The summed E-state index contributed by atoms with van der Waals surface area (Å²) < 4.78 is 1.89. The molecule has 0 aromatic carbocycles. The number of imidazole rings is 1. The second-order valence-corrected chi connectivity index (χ2v) is 4.08. The van der Waals surface area contributed by atoms with Gasteiger partial charge in [0.15, 0.2) is 0 Å². The van der Waals surface area contributed by atoms with Crippen molar-refractivity contribution in [2.75, 3.05) is 6.54 Å². The zero-order valence-electron chi connectivity index (χ0n) is 9.57. The Labute approximate surface area is 95.2 Å². The molecule has 1 aliphatic carbocycles. The van der Waals surface area contributed by atoms with Crippen molar-refractivity contribution in [2.24, 2.45) is 0 Å². The van der Waals surface area contributed by atoms with E-state index in [-0.39, 0.29) is 5.91 Å². The van der Waals surface area contributed by atoms with Crippen molar-refractivity contribution in [3.8, 4) is 0 Å². The van der Waals surface area contributed by atoms with Gasteiger partial charge in [0.05, 0.1) is 6.54 Å². The topological polar surface area (TPSA) is 59.0 Å². The minimum atomic E-state index is 0.0353. The molecular weight excluding hydrogens is 204 g/mol. The summed E-state index contributed by atoms with van der Waals surface area (Å²) in [6.07, 6.45) is 6.11. The molecule has 16 heavy (non-hydrogen) atoms. The monoisotopic (exact) mass is 222 g/mol. The van der Waals surface area contributed by atoms with Crippen LogP contribution >= 0.6 is 0 Å². The van der Waals surface area contributed by atoms with Gasteiger partial charge < -0.3 is 15.2 Å². The SMILES string of the molecule is CCNC(=O)Cn1ccnc1CNC1CC1. The van der Waals surface area contributed by atoms with E-state index in [1.165, 1.54) is 12.8 Å². The molecule has 1 fully saturated rings. The third-order valence-electron chi connectivity index (χ3n) is 2.62. The number of carbonyl (C=O) groups is 1. The predicted molar refractivity (Wildman–Crippen MR) is 60.8 cm³/mol. The number of nitrogens with zero attached hydrogens (tertiary/aromatic N) is 2. The average molecular weight is 222 g/mol. The number of amides is 1. The van der Waals surface area contributed by atoms with Gasteiger partial charge in [-0.2, -0.15) is 0 Å². The van der Waals surface area contributed by atoms with Gasteiger partial charge in [0, 0.05) is 25.0 Å². The summed E-state index contributed by atoms with van der Waals surface area (Å²) >= 11 is 0. The Morgan fingerprint density at radius 2 is 2.44 bits per heavy atom. The first-order valence-corrected chi connectivity index (χ1v) is 5.79. The van der Waals surface area contributed by atoms with E-state index in [0.29, 0.717) is 19.1 Å². The summed E-state index contributed by atoms with van der Waals surface area (Å²) in [5.74, 6) is 0.964. The lowest BCUT2D eigenvalue weighted by Gasteiger charge is -2.08.